The number of carbonyl (C=O) groups is 1. The molecule has 0 aliphatic rings. The Hall–Kier alpha value is -2.92. The summed E-state index contributed by atoms with van der Waals surface area (Å²) in [6, 6.07) is 14.9. The van der Waals surface area contributed by atoms with Gasteiger partial charge in [0, 0.05) is 36.7 Å². The Kier molecular flexibility index (Phi) is 5.81. The molecule has 0 unspecified atom stereocenters. The molecule has 0 bridgehead atoms. The topological polar surface area (TPSA) is 58.1 Å². The normalized spacial score (nSPS) is 10.4. The summed E-state index contributed by atoms with van der Waals surface area (Å²) in [5.74, 6) is -0.103. The zero-order valence-electron chi connectivity index (χ0n) is 14.4. The van der Waals surface area contributed by atoms with E-state index in [1.807, 2.05) is 42.5 Å². The van der Waals surface area contributed by atoms with E-state index in [4.69, 9.17) is 11.6 Å². The van der Waals surface area contributed by atoms with Crippen LogP contribution in [0.4, 0.5) is 11.4 Å². The Bertz CT molecular complexity index is 868. The van der Waals surface area contributed by atoms with Crippen LogP contribution < -0.4 is 5.32 Å². The number of rotatable bonds is 6. The largest absolute Gasteiger partial charge is 0.354 e. The van der Waals surface area contributed by atoms with Crippen LogP contribution in [0.3, 0.4) is 0 Å². The first-order valence-corrected chi connectivity index (χ1v) is 8.62. The van der Waals surface area contributed by atoms with Gasteiger partial charge in [-0.3, -0.25) is 9.78 Å². The molecule has 6 heteroatoms. The molecule has 1 amide bonds. The quantitative estimate of drug-likeness (QED) is 0.710. The molecule has 3 rings (SSSR count). The minimum Gasteiger partial charge on any atom is -0.354 e. The average molecular weight is 367 g/mol. The third-order valence-corrected chi connectivity index (χ3v) is 4.16. The fourth-order valence-electron chi connectivity index (χ4n) is 2.47. The third-order valence-electron chi connectivity index (χ3n) is 3.93. The average Bonchev–Trinajstić information content (AvgIpc) is 2.67. The highest BCUT2D eigenvalue weighted by atomic mass is 35.5. The summed E-state index contributed by atoms with van der Waals surface area (Å²) >= 11 is 5.98. The first-order chi connectivity index (χ1) is 12.6. The van der Waals surface area contributed by atoms with E-state index in [2.05, 4.69) is 15.3 Å². The Morgan fingerprint density at radius 1 is 1.12 bits per heavy atom. The van der Waals surface area contributed by atoms with Gasteiger partial charge in [-0.2, -0.15) is 0 Å². The first-order valence-electron chi connectivity index (χ1n) is 8.25. The van der Waals surface area contributed by atoms with Gasteiger partial charge in [0.15, 0.2) is 0 Å². The van der Waals surface area contributed by atoms with Crippen molar-refractivity contribution in [2.45, 2.75) is 6.42 Å². The Balaban J connectivity index is 1.59. The van der Waals surface area contributed by atoms with Crippen molar-refractivity contribution in [3.8, 4) is 0 Å². The van der Waals surface area contributed by atoms with Crippen LogP contribution in [-0.2, 0) is 6.42 Å². The summed E-state index contributed by atoms with van der Waals surface area (Å²) in [4.78, 5) is 22.4. The van der Waals surface area contributed by atoms with Crippen molar-refractivity contribution in [3.05, 3.63) is 83.4 Å². The van der Waals surface area contributed by atoms with Crippen molar-refractivity contribution in [1.29, 1.82) is 0 Å². The van der Waals surface area contributed by atoms with Crippen LogP contribution in [0.25, 0.3) is 0 Å². The lowest BCUT2D eigenvalue weighted by Crippen LogP contribution is -2.29. The number of aromatic nitrogens is 2. The molecule has 0 aliphatic heterocycles. The molecule has 5 nitrogen and oxygen atoms in total. The molecule has 0 saturated heterocycles. The fraction of sp³-hybridized carbons (Fsp3) is 0.150. The van der Waals surface area contributed by atoms with Gasteiger partial charge in [-0.15, -0.1) is 0 Å². The van der Waals surface area contributed by atoms with Crippen molar-refractivity contribution in [2.24, 2.45) is 0 Å². The summed E-state index contributed by atoms with van der Waals surface area (Å²) < 4.78 is 0. The van der Waals surface area contributed by atoms with E-state index in [0.717, 1.165) is 23.4 Å². The van der Waals surface area contributed by atoms with Gasteiger partial charge < -0.3 is 10.2 Å². The van der Waals surface area contributed by atoms with Gasteiger partial charge in [0.2, 0.25) is 0 Å². The summed E-state index contributed by atoms with van der Waals surface area (Å²) in [5.41, 5.74) is 3.23. The van der Waals surface area contributed by atoms with E-state index in [0.29, 0.717) is 17.3 Å². The van der Waals surface area contributed by atoms with Gasteiger partial charge in [-0.25, -0.2) is 4.98 Å². The van der Waals surface area contributed by atoms with E-state index >= 15 is 0 Å². The molecular formula is C20H19ClN4O. The standard InChI is InChI=1S/C20H19ClN4O/c1-25(12-9-15-7-10-22-11-8-15)20(26)19-6-5-18(14-23-19)24-17-4-2-3-16(21)13-17/h2-8,10-11,13-14,24H,9,12H2,1H3. The molecule has 132 valence electrons. The highest BCUT2D eigenvalue weighted by Crippen LogP contribution is 2.19. The number of pyridine rings is 2. The van der Waals surface area contributed by atoms with Gasteiger partial charge in [0.25, 0.3) is 5.91 Å². The van der Waals surface area contributed by atoms with Crippen LogP contribution in [0.2, 0.25) is 5.02 Å². The number of benzene rings is 1. The van der Waals surface area contributed by atoms with Crippen molar-refractivity contribution in [3.63, 3.8) is 0 Å². The second-order valence-electron chi connectivity index (χ2n) is 5.90. The molecule has 0 radical (unpaired) electrons. The second-order valence-corrected chi connectivity index (χ2v) is 6.34. The monoisotopic (exact) mass is 366 g/mol. The van der Waals surface area contributed by atoms with E-state index in [1.54, 1.807) is 36.6 Å². The van der Waals surface area contributed by atoms with Crippen LogP contribution in [0.1, 0.15) is 16.1 Å². The zero-order chi connectivity index (χ0) is 18.4. The summed E-state index contributed by atoms with van der Waals surface area (Å²) in [7, 11) is 1.78. The molecule has 3 aromatic rings. The smallest absolute Gasteiger partial charge is 0.272 e. The number of halogens is 1. The van der Waals surface area contributed by atoms with Crippen molar-refractivity contribution in [2.75, 3.05) is 18.9 Å². The Labute approximate surface area is 157 Å². The number of nitrogens with zero attached hydrogens (tertiary/aromatic N) is 3. The predicted molar refractivity (Wildman–Crippen MR) is 104 cm³/mol. The van der Waals surface area contributed by atoms with Crippen molar-refractivity contribution < 1.29 is 4.79 Å². The minimum atomic E-state index is -0.103. The number of amides is 1. The van der Waals surface area contributed by atoms with Gasteiger partial charge in [-0.05, 0) is 54.4 Å². The van der Waals surface area contributed by atoms with Gasteiger partial charge >= 0.3 is 0 Å². The van der Waals surface area contributed by atoms with E-state index in [-0.39, 0.29) is 5.91 Å². The molecule has 2 aromatic heterocycles. The minimum absolute atomic E-state index is 0.103. The van der Waals surface area contributed by atoms with Crippen molar-refractivity contribution in [1.82, 2.24) is 14.9 Å². The molecule has 0 saturated carbocycles. The summed E-state index contributed by atoms with van der Waals surface area (Å²) in [5, 5.41) is 3.87. The van der Waals surface area contributed by atoms with Crippen LogP contribution in [0.15, 0.2) is 67.1 Å². The molecule has 0 aliphatic carbocycles. The van der Waals surface area contributed by atoms with Crippen LogP contribution in [0, 0.1) is 0 Å². The van der Waals surface area contributed by atoms with E-state index < -0.39 is 0 Å². The molecule has 0 fully saturated rings. The Morgan fingerprint density at radius 3 is 2.62 bits per heavy atom. The molecule has 26 heavy (non-hydrogen) atoms. The first kappa shape index (κ1) is 17.9. The number of hydrogen-bond donors (Lipinski definition) is 1. The lowest BCUT2D eigenvalue weighted by molar-refractivity contribution is 0.0791. The molecule has 0 atom stereocenters. The van der Waals surface area contributed by atoms with Gasteiger partial charge in [0.1, 0.15) is 5.69 Å². The number of carbonyl (C=O) groups excluding carboxylic acids is 1. The van der Waals surface area contributed by atoms with E-state index in [1.165, 1.54) is 0 Å². The van der Waals surface area contributed by atoms with Crippen LogP contribution in [-0.4, -0.2) is 34.4 Å². The lowest BCUT2D eigenvalue weighted by Gasteiger charge is -2.17. The maximum absolute atomic E-state index is 12.5. The van der Waals surface area contributed by atoms with Crippen LogP contribution >= 0.6 is 11.6 Å². The second kappa shape index (κ2) is 8.45. The maximum atomic E-state index is 12.5. The van der Waals surface area contributed by atoms with Gasteiger partial charge in [-0.1, -0.05) is 17.7 Å². The SMILES string of the molecule is CN(CCc1ccncc1)C(=O)c1ccc(Nc2cccc(Cl)c2)cn1. The predicted octanol–water partition coefficient (Wildman–Crippen LogP) is 4.19. The molecular weight excluding hydrogens is 348 g/mol. The Morgan fingerprint density at radius 2 is 1.92 bits per heavy atom. The molecule has 1 N–H and O–H groups in total. The van der Waals surface area contributed by atoms with Crippen molar-refractivity contribution >= 4 is 28.9 Å². The number of likely N-dealkylation sites (N-methyl/N-ethyl adjacent to an activating group) is 1. The number of hydrogen-bond acceptors (Lipinski definition) is 4. The highest BCUT2D eigenvalue weighted by Gasteiger charge is 2.13. The molecule has 0 spiro atoms. The fourth-order valence-corrected chi connectivity index (χ4v) is 2.66. The van der Waals surface area contributed by atoms with Crippen LogP contribution in [0.5, 0.6) is 0 Å². The molecule has 2 heterocycles. The zero-order valence-corrected chi connectivity index (χ0v) is 15.1. The van der Waals surface area contributed by atoms with Gasteiger partial charge in [0.05, 0.1) is 11.9 Å². The summed E-state index contributed by atoms with van der Waals surface area (Å²) in [6.45, 7) is 0.618. The number of anilines is 2. The molecule has 1 aromatic carbocycles. The lowest BCUT2D eigenvalue weighted by atomic mass is 10.2. The maximum Gasteiger partial charge on any atom is 0.272 e. The highest BCUT2D eigenvalue weighted by molar-refractivity contribution is 6.30. The van der Waals surface area contributed by atoms with E-state index in [9.17, 15) is 4.79 Å². The third kappa shape index (κ3) is 4.80. The number of nitrogens with one attached hydrogen (secondary N) is 1. The summed E-state index contributed by atoms with van der Waals surface area (Å²) in [6.07, 6.45) is 5.93.